The molecule has 0 amide bonds. The van der Waals surface area contributed by atoms with E-state index in [2.05, 4.69) is 31.6 Å². The number of hydrogen-bond donors (Lipinski definition) is 1. The number of hydrogen-bond acceptors (Lipinski definition) is 4. The lowest BCUT2D eigenvalue weighted by Gasteiger charge is -2.04. The molecule has 0 fully saturated rings. The molecule has 0 aliphatic rings. The second kappa shape index (κ2) is 6.31. The van der Waals surface area contributed by atoms with Crippen LogP contribution >= 0.6 is 27.3 Å². The Kier molecular flexibility index (Phi) is 4.74. The maximum Gasteiger partial charge on any atom is 0.120 e. The first-order valence-corrected chi connectivity index (χ1v) is 7.34. The van der Waals surface area contributed by atoms with Crippen LogP contribution in [0.15, 0.2) is 28.1 Å². The highest BCUT2D eigenvalue weighted by molar-refractivity contribution is 9.10. The fourth-order valence-corrected chi connectivity index (χ4v) is 2.97. The summed E-state index contributed by atoms with van der Waals surface area (Å²) in [6, 6.07) is 5.94. The Hall–Kier alpha value is -0.910. The molecular formula is C13H15BrN2OS. The van der Waals surface area contributed by atoms with Gasteiger partial charge in [0.15, 0.2) is 0 Å². The van der Waals surface area contributed by atoms with E-state index < -0.39 is 0 Å². The Morgan fingerprint density at radius 1 is 1.44 bits per heavy atom. The van der Waals surface area contributed by atoms with Crippen LogP contribution in [0.25, 0.3) is 11.3 Å². The van der Waals surface area contributed by atoms with Gasteiger partial charge in [-0.25, -0.2) is 4.98 Å². The zero-order chi connectivity index (χ0) is 13.0. The van der Waals surface area contributed by atoms with Gasteiger partial charge in [0.2, 0.25) is 0 Å². The monoisotopic (exact) mass is 326 g/mol. The summed E-state index contributed by atoms with van der Waals surface area (Å²) in [7, 11) is 3.62. The highest BCUT2D eigenvalue weighted by atomic mass is 79.9. The molecule has 0 spiro atoms. The van der Waals surface area contributed by atoms with E-state index >= 15 is 0 Å². The number of nitrogens with zero attached hydrogens (tertiary/aromatic N) is 1. The summed E-state index contributed by atoms with van der Waals surface area (Å²) in [5.74, 6) is 0.844. The molecule has 0 aliphatic carbocycles. The van der Waals surface area contributed by atoms with E-state index in [9.17, 15) is 0 Å². The Balaban J connectivity index is 2.23. The minimum Gasteiger partial charge on any atom is -0.497 e. The number of methoxy groups -OCH3 is 1. The average molecular weight is 327 g/mol. The van der Waals surface area contributed by atoms with Gasteiger partial charge >= 0.3 is 0 Å². The molecule has 0 bridgehead atoms. The summed E-state index contributed by atoms with van der Waals surface area (Å²) in [4.78, 5) is 4.64. The first-order chi connectivity index (χ1) is 8.74. The number of benzene rings is 1. The Bertz CT molecular complexity index is 527. The molecule has 5 heteroatoms. The van der Waals surface area contributed by atoms with Gasteiger partial charge in [-0.1, -0.05) is 0 Å². The summed E-state index contributed by atoms with van der Waals surface area (Å²) in [6.07, 6.45) is 0.967. The van der Waals surface area contributed by atoms with Crippen molar-refractivity contribution in [3.63, 3.8) is 0 Å². The molecule has 0 atom stereocenters. The van der Waals surface area contributed by atoms with Gasteiger partial charge in [-0.3, -0.25) is 0 Å². The second-order valence-electron chi connectivity index (χ2n) is 3.83. The second-order valence-corrected chi connectivity index (χ2v) is 5.62. The van der Waals surface area contributed by atoms with Crippen LogP contribution < -0.4 is 10.1 Å². The normalized spacial score (nSPS) is 10.6. The van der Waals surface area contributed by atoms with E-state index in [0.29, 0.717) is 0 Å². The number of likely N-dealkylation sites (N-methyl/N-ethyl adjacent to an activating group) is 1. The van der Waals surface area contributed by atoms with Crippen LogP contribution in [0.1, 0.15) is 5.01 Å². The predicted molar refractivity (Wildman–Crippen MR) is 79.4 cm³/mol. The number of rotatable bonds is 5. The van der Waals surface area contributed by atoms with Crippen molar-refractivity contribution in [1.82, 2.24) is 10.3 Å². The third-order valence-corrected chi connectivity index (χ3v) is 4.16. The topological polar surface area (TPSA) is 34.2 Å². The fourth-order valence-electron chi connectivity index (χ4n) is 1.61. The molecule has 0 aliphatic heterocycles. The molecule has 3 nitrogen and oxygen atoms in total. The van der Waals surface area contributed by atoms with Gasteiger partial charge in [0.1, 0.15) is 5.75 Å². The highest BCUT2D eigenvalue weighted by Gasteiger charge is 2.08. The number of nitrogens with one attached hydrogen (secondary N) is 1. The molecular weight excluding hydrogens is 312 g/mol. The zero-order valence-electron chi connectivity index (χ0n) is 10.4. The molecule has 1 N–H and O–H groups in total. The molecule has 1 heterocycles. The SMILES string of the molecule is CNCCc1nc(-c2ccc(OC)cc2Br)cs1. The van der Waals surface area contributed by atoms with Crippen molar-refractivity contribution in [1.29, 1.82) is 0 Å². The first-order valence-electron chi connectivity index (χ1n) is 5.67. The maximum absolute atomic E-state index is 5.19. The van der Waals surface area contributed by atoms with Crippen molar-refractivity contribution in [2.24, 2.45) is 0 Å². The van der Waals surface area contributed by atoms with E-state index in [1.165, 1.54) is 0 Å². The van der Waals surface area contributed by atoms with Crippen LogP contribution in [-0.4, -0.2) is 25.7 Å². The summed E-state index contributed by atoms with van der Waals surface area (Å²) in [5.41, 5.74) is 2.11. The fraction of sp³-hybridized carbons (Fsp3) is 0.308. The van der Waals surface area contributed by atoms with Gasteiger partial charge in [-0.2, -0.15) is 0 Å². The molecule has 0 radical (unpaired) electrons. The highest BCUT2D eigenvalue weighted by Crippen LogP contribution is 2.32. The maximum atomic E-state index is 5.19. The minimum atomic E-state index is 0.844. The van der Waals surface area contributed by atoms with Crippen molar-refractivity contribution >= 4 is 27.3 Å². The Labute approximate surface area is 119 Å². The predicted octanol–water partition coefficient (Wildman–Crippen LogP) is 3.34. The first kappa shape index (κ1) is 13.5. The Morgan fingerprint density at radius 2 is 2.28 bits per heavy atom. The van der Waals surface area contributed by atoms with Gasteiger partial charge in [0.25, 0.3) is 0 Å². The standard InChI is InChI=1S/C13H15BrN2OS/c1-15-6-5-13-16-12(8-18-13)10-4-3-9(17-2)7-11(10)14/h3-4,7-8,15H,5-6H2,1-2H3. The quantitative estimate of drug-likeness (QED) is 0.915. The van der Waals surface area contributed by atoms with Crippen molar-refractivity contribution in [2.45, 2.75) is 6.42 Å². The average Bonchev–Trinajstić information content (AvgIpc) is 2.84. The lowest BCUT2D eigenvalue weighted by atomic mass is 10.2. The molecule has 2 aromatic rings. The molecule has 0 saturated heterocycles. The van der Waals surface area contributed by atoms with E-state index in [4.69, 9.17) is 4.74 Å². The van der Waals surface area contributed by atoms with E-state index in [-0.39, 0.29) is 0 Å². The molecule has 1 aromatic carbocycles. The molecule has 0 unspecified atom stereocenters. The van der Waals surface area contributed by atoms with Crippen molar-refractivity contribution in [3.8, 4) is 17.0 Å². The number of aromatic nitrogens is 1. The number of halogens is 1. The van der Waals surface area contributed by atoms with Crippen LogP contribution in [-0.2, 0) is 6.42 Å². The lowest BCUT2D eigenvalue weighted by Crippen LogP contribution is -2.09. The van der Waals surface area contributed by atoms with Crippen molar-refractivity contribution < 1.29 is 4.74 Å². The van der Waals surface area contributed by atoms with Crippen LogP contribution in [0, 0.1) is 0 Å². The van der Waals surface area contributed by atoms with E-state index in [1.54, 1.807) is 18.4 Å². The third kappa shape index (κ3) is 3.10. The van der Waals surface area contributed by atoms with E-state index in [0.717, 1.165) is 39.5 Å². The summed E-state index contributed by atoms with van der Waals surface area (Å²) in [6.45, 7) is 0.955. The van der Waals surface area contributed by atoms with E-state index in [1.807, 2.05) is 25.2 Å². The summed E-state index contributed by atoms with van der Waals surface area (Å²) >= 11 is 5.26. The van der Waals surface area contributed by atoms with Crippen LogP contribution in [0.5, 0.6) is 5.75 Å². The smallest absolute Gasteiger partial charge is 0.120 e. The lowest BCUT2D eigenvalue weighted by molar-refractivity contribution is 0.414. The molecule has 18 heavy (non-hydrogen) atoms. The third-order valence-electron chi connectivity index (χ3n) is 2.59. The summed E-state index contributed by atoms with van der Waals surface area (Å²) < 4.78 is 6.19. The van der Waals surface area contributed by atoms with Gasteiger partial charge < -0.3 is 10.1 Å². The van der Waals surface area contributed by atoms with Crippen LogP contribution in [0.3, 0.4) is 0 Å². The Morgan fingerprint density at radius 3 is 2.94 bits per heavy atom. The molecule has 0 saturated carbocycles. The van der Waals surface area contributed by atoms with Crippen molar-refractivity contribution in [3.05, 3.63) is 33.1 Å². The van der Waals surface area contributed by atoms with Gasteiger partial charge in [0, 0.05) is 28.4 Å². The number of ether oxygens (including phenoxy) is 1. The number of thiazole rings is 1. The minimum absolute atomic E-state index is 0.844. The van der Waals surface area contributed by atoms with Crippen molar-refractivity contribution in [2.75, 3.05) is 20.7 Å². The molecule has 96 valence electrons. The largest absolute Gasteiger partial charge is 0.497 e. The summed E-state index contributed by atoms with van der Waals surface area (Å²) in [5, 5.41) is 6.38. The van der Waals surface area contributed by atoms with Crippen LogP contribution in [0.2, 0.25) is 0 Å². The molecule has 1 aromatic heterocycles. The van der Waals surface area contributed by atoms with Crippen LogP contribution in [0.4, 0.5) is 0 Å². The van der Waals surface area contributed by atoms with Gasteiger partial charge in [0.05, 0.1) is 17.8 Å². The molecule has 2 rings (SSSR count). The van der Waals surface area contributed by atoms with Gasteiger partial charge in [-0.15, -0.1) is 11.3 Å². The zero-order valence-corrected chi connectivity index (χ0v) is 12.8. The van der Waals surface area contributed by atoms with Gasteiger partial charge in [-0.05, 0) is 41.2 Å².